The Morgan fingerprint density at radius 1 is 1.10 bits per heavy atom. The maximum absolute atomic E-state index is 4.76. The summed E-state index contributed by atoms with van der Waals surface area (Å²) in [4.78, 5) is 4.76. The molecular weight excluding hydrogens is 258 g/mol. The number of anilines is 1. The second-order valence-corrected chi connectivity index (χ2v) is 6.67. The molecule has 0 amide bonds. The first-order chi connectivity index (χ1) is 9.97. The fraction of sp³-hybridized carbons (Fsp3) is 0.722. The van der Waals surface area contributed by atoms with Crippen molar-refractivity contribution in [2.24, 2.45) is 17.8 Å². The minimum Gasteiger partial charge on any atom is -0.370 e. The summed E-state index contributed by atoms with van der Waals surface area (Å²) < 4.78 is 0. The molecule has 0 unspecified atom stereocenters. The molecule has 3 nitrogen and oxygen atoms in total. The number of hydrogen-bond donors (Lipinski definition) is 2. The van der Waals surface area contributed by atoms with Crippen LogP contribution in [0.25, 0.3) is 0 Å². The Morgan fingerprint density at radius 2 is 1.76 bits per heavy atom. The van der Waals surface area contributed by atoms with Gasteiger partial charge in [-0.25, -0.2) is 4.98 Å². The van der Waals surface area contributed by atoms with Crippen LogP contribution < -0.4 is 10.6 Å². The highest BCUT2D eigenvalue weighted by Crippen LogP contribution is 2.21. The van der Waals surface area contributed by atoms with Crippen LogP contribution in [0, 0.1) is 17.8 Å². The Balaban J connectivity index is 2.80. The lowest BCUT2D eigenvalue weighted by Gasteiger charge is -2.25. The highest BCUT2D eigenvalue weighted by molar-refractivity contribution is 5.40. The highest BCUT2D eigenvalue weighted by Gasteiger charge is 2.17. The first kappa shape index (κ1) is 18.0. The third kappa shape index (κ3) is 6.04. The van der Waals surface area contributed by atoms with Gasteiger partial charge < -0.3 is 10.6 Å². The van der Waals surface area contributed by atoms with Crippen LogP contribution in [0.1, 0.15) is 52.3 Å². The van der Waals surface area contributed by atoms with E-state index in [0.717, 1.165) is 31.7 Å². The Hall–Kier alpha value is -1.09. The van der Waals surface area contributed by atoms with Crippen LogP contribution in [0.5, 0.6) is 0 Å². The van der Waals surface area contributed by atoms with Crippen molar-refractivity contribution in [2.75, 3.05) is 18.9 Å². The summed E-state index contributed by atoms with van der Waals surface area (Å²) in [6, 6.07) is 4.39. The number of pyridine rings is 1. The van der Waals surface area contributed by atoms with E-state index in [2.05, 4.69) is 57.4 Å². The summed E-state index contributed by atoms with van der Waals surface area (Å²) in [5, 5.41) is 6.79. The van der Waals surface area contributed by atoms with Crippen LogP contribution in [0.4, 0.5) is 5.82 Å². The van der Waals surface area contributed by atoms with Crippen molar-refractivity contribution >= 4 is 5.82 Å². The van der Waals surface area contributed by atoms with E-state index < -0.39 is 0 Å². The molecule has 0 atom stereocenters. The standard InChI is InChI=1S/C18H33N3/c1-7-8-16-9-15(11-19-6)10-18(21-16)20-12-17(13(2)3)14(4)5/h9-10,13-14,17,19H,7-8,11-12H2,1-6H3,(H,20,21). The van der Waals surface area contributed by atoms with E-state index in [0.29, 0.717) is 17.8 Å². The van der Waals surface area contributed by atoms with Crippen molar-refractivity contribution in [1.82, 2.24) is 10.3 Å². The number of hydrogen-bond acceptors (Lipinski definition) is 3. The van der Waals surface area contributed by atoms with Crippen molar-refractivity contribution in [2.45, 2.75) is 54.0 Å². The fourth-order valence-electron chi connectivity index (χ4n) is 2.90. The van der Waals surface area contributed by atoms with E-state index in [-0.39, 0.29) is 0 Å². The van der Waals surface area contributed by atoms with Crippen molar-refractivity contribution in [1.29, 1.82) is 0 Å². The topological polar surface area (TPSA) is 37.0 Å². The lowest BCUT2D eigenvalue weighted by molar-refractivity contribution is 0.304. The van der Waals surface area contributed by atoms with Crippen molar-refractivity contribution < 1.29 is 0 Å². The number of aryl methyl sites for hydroxylation is 1. The number of nitrogens with zero attached hydrogens (tertiary/aromatic N) is 1. The van der Waals surface area contributed by atoms with Gasteiger partial charge >= 0.3 is 0 Å². The zero-order chi connectivity index (χ0) is 15.8. The van der Waals surface area contributed by atoms with Crippen LogP contribution >= 0.6 is 0 Å². The molecule has 1 rings (SSSR count). The third-order valence-corrected chi connectivity index (χ3v) is 4.06. The zero-order valence-corrected chi connectivity index (χ0v) is 14.7. The van der Waals surface area contributed by atoms with Gasteiger partial charge in [0.1, 0.15) is 5.82 Å². The van der Waals surface area contributed by atoms with Crippen molar-refractivity contribution in [3.63, 3.8) is 0 Å². The van der Waals surface area contributed by atoms with Crippen molar-refractivity contribution in [3.05, 3.63) is 23.4 Å². The first-order valence-corrected chi connectivity index (χ1v) is 8.36. The summed E-state index contributed by atoms with van der Waals surface area (Å²) in [6.07, 6.45) is 2.18. The third-order valence-electron chi connectivity index (χ3n) is 4.06. The van der Waals surface area contributed by atoms with Crippen LogP contribution in [-0.4, -0.2) is 18.6 Å². The largest absolute Gasteiger partial charge is 0.370 e. The molecule has 0 aliphatic heterocycles. The molecule has 0 spiro atoms. The molecule has 21 heavy (non-hydrogen) atoms. The van der Waals surface area contributed by atoms with Gasteiger partial charge in [-0.2, -0.15) is 0 Å². The predicted octanol–water partition coefficient (Wildman–Crippen LogP) is 4.09. The van der Waals surface area contributed by atoms with Crippen molar-refractivity contribution in [3.8, 4) is 0 Å². The molecule has 0 aliphatic rings. The molecule has 1 aromatic rings. The van der Waals surface area contributed by atoms with Gasteiger partial charge in [-0.15, -0.1) is 0 Å². The van der Waals surface area contributed by atoms with Crippen LogP contribution in [0.2, 0.25) is 0 Å². The maximum atomic E-state index is 4.76. The van der Waals surface area contributed by atoms with Gasteiger partial charge in [-0.05, 0) is 48.9 Å². The molecule has 3 heteroatoms. The van der Waals surface area contributed by atoms with Crippen LogP contribution in [-0.2, 0) is 13.0 Å². The van der Waals surface area contributed by atoms with E-state index in [1.807, 2.05) is 7.05 Å². The fourth-order valence-corrected chi connectivity index (χ4v) is 2.90. The smallest absolute Gasteiger partial charge is 0.126 e. The minimum atomic E-state index is 0.675. The summed E-state index contributed by atoms with van der Waals surface area (Å²) in [7, 11) is 1.99. The number of aromatic nitrogens is 1. The summed E-state index contributed by atoms with van der Waals surface area (Å²) >= 11 is 0. The first-order valence-electron chi connectivity index (χ1n) is 8.36. The predicted molar refractivity (Wildman–Crippen MR) is 92.7 cm³/mol. The van der Waals surface area contributed by atoms with Gasteiger partial charge in [0, 0.05) is 18.8 Å². The van der Waals surface area contributed by atoms with Crippen LogP contribution in [0.15, 0.2) is 12.1 Å². The molecule has 2 N–H and O–H groups in total. The molecule has 0 bridgehead atoms. The van der Waals surface area contributed by atoms with Gasteiger partial charge in [-0.1, -0.05) is 41.0 Å². The molecule has 0 aliphatic carbocycles. The Kier molecular flexibility index (Phi) is 7.73. The molecule has 1 aromatic heterocycles. The van der Waals surface area contributed by atoms with E-state index in [1.165, 1.54) is 11.3 Å². The minimum absolute atomic E-state index is 0.675. The van der Waals surface area contributed by atoms with Gasteiger partial charge in [0.25, 0.3) is 0 Å². The molecule has 120 valence electrons. The summed E-state index contributed by atoms with van der Waals surface area (Å²) in [5.74, 6) is 3.08. The van der Waals surface area contributed by atoms with Gasteiger partial charge in [0.05, 0.1) is 0 Å². The highest BCUT2D eigenvalue weighted by atomic mass is 15.0. The molecule has 1 heterocycles. The molecule has 0 saturated carbocycles. The quantitative estimate of drug-likeness (QED) is 0.719. The Bertz CT molecular complexity index is 381. The van der Waals surface area contributed by atoms with Crippen LogP contribution in [0.3, 0.4) is 0 Å². The second-order valence-electron chi connectivity index (χ2n) is 6.67. The van der Waals surface area contributed by atoms with Gasteiger partial charge in [0.2, 0.25) is 0 Å². The lowest BCUT2D eigenvalue weighted by atomic mass is 9.85. The zero-order valence-electron chi connectivity index (χ0n) is 14.7. The summed E-state index contributed by atoms with van der Waals surface area (Å²) in [6.45, 7) is 13.3. The van der Waals surface area contributed by atoms with E-state index in [9.17, 15) is 0 Å². The molecule has 0 fully saturated rings. The molecular formula is C18H33N3. The number of nitrogens with one attached hydrogen (secondary N) is 2. The molecule has 0 aromatic carbocycles. The Labute approximate surface area is 130 Å². The monoisotopic (exact) mass is 291 g/mol. The number of rotatable bonds is 9. The summed E-state index contributed by atoms with van der Waals surface area (Å²) in [5.41, 5.74) is 2.50. The van der Waals surface area contributed by atoms with E-state index in [4.69, 9.17) is 4.98 Å². The molecule has 0 radical (unpaired) electrons. The van der Waals surface area contributed by atoms with Gasteiger partial charge in [0.15, 0.2) is 0 Å². The average Bonchev–Trinajstić information content (AvgIpc) is 2.38. The van der Waals surface area contributed by atoms with E-state index >= 15 is 0 Å². The lowest BCUT2D eigenvalue weighted by Crippen LogP contribution is -2.25. The van der Waals surface area contributed by atoms with E-state index in [1.54, 1.807) is 0 Å². The average molecular weight is 291 g/mol. The maximum Gasteiger partial charge on any atom is 0.126 e. The SMILES string of the molecule is CCCc1cc(CNC)cc(NCC(C(C)C)C(C)C)n1. The molecule has 0 saturated heterocycles. The van der Waals surface area contributed by atoms with Gasteiger partial charge in [-0.3, -0.25) is 0 Å². The Morgan fingerprint density at radius 3 is 2.29 bits per heavy atom. The normalized spacial score (nSPS) is 11.7. The second kappa shape index (κ2) is 9.04.